The van der Waals surface area contributed by atoms with E-state index in [-0.39, 0.29) is 12.4 Å². The molecule has 2 aromatic rings. The van der Waals surface area contributed by atoms with Gasteiger partial charge >= 0.3 is 0 Å². The van der Waals surface area contributed by atoms with Crippen LogP contribution in [0.1, 0.15) is 11.1 Å². The number of hydrogen-bond donors (Lipinski definition) is 0. The Labute approximate surface area is 127 Å². The van der Waals surface area contributed by atoms with E-state index in [4.69, 9.17) is 0 Å². The van der Waals surface area contributed by atoms with Gasteiger partial charge in [-0.2, -0.15) is 0 Å². The minimum Gasteiger partial charge on any atom is -0.345 e. The normalized spacial score (nSPS) is 14.3. The maximum atomic E-state index is 2.38. The molecule has 1 heterocycles. The summed E-state index contributed by atoms with van der Waals surface area (Å²) in [7, 11) is 4.32. The zero-order chi connectivity index (χ0) is 13.2. The molecule has 1 aliphatic rings. The highest BCUT2D eigenvalue weighted by atomic mass is 35.5. The van der Waals surface area contributed by atoms with Crippen LogP contribution in [0, 0.1) is 0 Å². The Morgan fingerprint density at radius 2 is 1.70 bits per heavy atom. The topological polar surface area (TPSA) is 6.48 Å². The number of hydrogen-bond acceptors (Lipinski definition) is 2. The fourth-order valence-corrected chi connectivity index (χ4v) is 2.69. The molecule has 0 unspecified atom stereocenters. The minimum atomic E-state index is 0. The molecular weight excluding hydrogens is 268 g/mol. The smallest absolute Gasteiger partial charge is 0.0411 e. The van der Waals surface area contributed by atoms with Crippen molar-refractivity contribution in [2.75, 3.05) is 25.5 Å². The van der Waals surface area contributed by atoms with Gasteiger partial charge in [-0.3, -0.25) is 0 Å². The summed E-state index contributed by atoms with van der Waals surface area (Å²) in [6.07, 6.45) is 1.17. The Bertz CT molecular complexity index is 568. The van der Waals surface area contributed by atoms with Crippen LogP contribution in [-0.2, 0) is 13.0 Å². The van der Waals surface area contributed by atoms with E-state index >= 15 is 0 Å². The molecule has 0 saturated carbocycles. The quantitative estimate of drug-likeness (QED) is 0.828. The molecule has 0 spiro atoms. The number of para-hydroxylation sites is 1. The van der Waals surface area contributed by atoms with E-state index in [1.165, 1.54) is 35.5 Å². The van der Waals surface area contributed by atoms with Crippen molar-refractivity contribution < 1.29 is 0 Å². The molecule has 0 N–H and O–H groups in total. The second kappa shape index (κ2) is 6.29. The lowest BCUT2D eigenvalue weighted by molar-refractivity contribution is 0.313. The average Bonchev–Trinajstić information content (AvgIpc) is 2.46. The highest BCUT2D eigenvalue weighted by Gasteiger charge is 2.14. The highest BCUT2D eigenvalue weighted by Crippen LogP contribution is 2.27. The summed E-state index contributed by atoms with van der Waals surface area (Å²) in [6, 6.07) is 17.4. The van der Waals surface area contributed by atoms with Crippen LogP contribution < -0.4 is 4.90 Å². The summed E-state index contributed by atoms with van der Waals surface area (Å²) in [6.45, 7) is 2.23. The first-order valence-corrected chi connectivity index (χ1v) is 6.83. The van der Waals surface area contributed by atoms with Gasteiger partial charge in [0.25, 0.3) is 0 Å². The SMILES string of the molecule is CN1CCc2ccc(N(C)c3ccccc3)cc2C1.Cl. The molecule has 0 fully saturated rings. The van der Waals surface area contributed by atoms with Crippen LogP contribution in [0.2, 0.25) is 0 Å². The third-order valence-corrected chi connectivity index (χ3v) is 3.92. The van der Waals surface area contributed by atoms with Gasteiger partial charge in [0.2, 0.25) is 0 Å². The van der Waals surface area contributed by atoms with Gasteiger partial charge in [-0.15, -0.1) is 12.4 Å². The van der Waals surface area contributed by atoms with Crippen molar-refractivity contribution in [3.05, 3.63) is 59.7 Å². The Morgan fingerprint density at radius 1 is 0.950 bits per heavy atom. The van der Waals surface area contributed by atoms with Crippen LogP contribution >= 0.6 is 12.4 Å². The summed E-state index contributed by atoms with van der Waals surface area (Å²) in [5.41, 5.74) is 5.46. The lowest BCUT2D eigenvalue weighted by atomic mass is 9.99. The van der Waals surface area contributed by atoms with E-state index in [0.717, 1.165) is 6.54 Å². The van der Waals surface area contributed by atoms with Crippen molar-refractivity contribution in [1.29, 1.82) is 0 Å². The molecule has 106 valence electrons. The van der Waals surface area contributed by atoms with Crippen molar-refractivity contribution in [1.82, 2.24) is 4.90 Å². The van der Waals surface area contributed by atoms with E-state index in [1.807, 2.05) is 0 Å². The van der Waals surface area contributed by atoms with Gasteiger partial charge in [0.05, 0.1) is 0 Å². The standard InChI is InChI=1S/C17H20N2.ClH/c1-18-11-10-14-8-9-17(12-15(14)13-18)19(2)16-6-4-3-5-7-16;/h3-9,12H,10-11,13H2,1-2H3;1H. The van der Waals surface area contributed by atoms with Gasteiger partial charge < -0.3 is 9.80 Å². The number of benzene rings is 2. The fourth-order valence-electron chi connectivity index (χ4n) is 2.69. The first-order valence-electron chi connectivity index (χ1n) is 6.83. The summed E-state index contributed by atoms with van der Waals surface area (Å²) < 4.78 is 0. The van der Waals surface area contributed by atoms with Gasteiger partial charge in [-0.25, -0.2) is 0 Å². The number of rotatable bonds is 2. The highest BCUT2D eigenvalue weighted by molar-refractivity contribution is 5.85. The number of anilines is 2. The molecular formula is C17H21ClN2. The van der Waals surface area contributed by atoms with E-state index in [9.17, 15) is 0 Å². The summed E-state index contributed by atoms with van der Waals surface area (Å²) in [5, 5.41) is 0. The van der Waals surface area contributed by atoms with Gasteiger partial charge in [-0.1, -0.05) is 24.3 Å². The fraction of sp³-hybridized carbons (Fsp3) is 0.294. The Hall–Kier alpha value is -1.51. The Kier molecular flexibility index (Phi) is 4.69. The minimum absolute atomic E-state index is 0. The van der Waals surface area contributed by atoms with Crippen molar-refractivity contribution in [3.8, 4) is 0 Å². The second-order valence-corrected chi connectivity index (χ2v) is 5.34. The van der Waals surface area contributed by atoms with Crippen LogP contribution in [0.4, 0.5) is 11.4 Å². The second-order valence-electron chi connectivity index (χ2n) is 5.34. The van der Waals surface area contributed by atoms with E-state index in [1.54, 1.807) is 0 Å². The maximum Gasteiger partial charge on any atom is 0.0411 e. The molecule has 20 heavy (non-hydrogen) atoms. The third kappa shape index (κ3) is 2.97. The lowest BCUT2D eigenvalue weighted by Crippen LogP contribution is -2.26. The van der Waals surface area contributed by atoms with Crippen LogP contribution in [0.15, 0.2) is 48.5 Å². The predicted octanol–water partition coefficient (Wildman–Crippen LogP) is 3.86. The van der Waals surface area contributed by atoms with Crippen LogP contribution in [0.3, 0.4) is 0 Å². The van der Waals surface area contributed by atoms with Crippen molar-refractivity contribution in [2.24, 2.45) is 0 Å². The average molecular weight is 289 g/mol. The van der Waals surface area contributed by atoms with Crippen LogP contribution in [0.25, 0.3) is 0 Å². The van der Waals surface area contributed by atoms with Gasteiger partial charge in [0.15, 0.2) is 0 Å². The number of halogens is 1. The first kappa shape index (κ1) is 14.9. The molecule has 0 amide bonds. The van der Waals surface area contributed by atoms with Crippen LogP contribution in [-0.4, -0.2) is 25.5 Å². The molecule has 0 aliphatic carbocycles. The maximum absolute atomic E-state index is 2.38. The molecule has 3 heteroatoms. The summed E-state index contributed by atoms with van der Waals surface area (Å²) in [5.74, 6) is 0. The Balaban J connectivity index is 0.00000147. The largest absolute Gasteiger partial charge is 0.345 e. The molecule has 0 bridgehead atoms. The number of nitrogens with zero attached hydrogens (tertiary/aromatic N) is 2. The molecule has 0 atom stereocenters. The predicted molar refractivity (Wildman–Crippen MR) is 88.2 cm³/mol. The summed E-state index contributed by atoms with van der Waals surface area (Å²) in [4.78, 5) is 4.63. The molecule has 0 saturated heterocycles. The third-order valence-electron chi connectivity index (χ3n) is 3.92. The zero-order valence-electron chi connectivity index (χ0n) is 12.0. The molecule has 2 aromatic carbocycles. The van der Waals surface area contributed by atoms with E-state index in [2.05, 4.69) is 72.4 Å². The first-order chi connectivity index (χ1) is 9.24. The molecule has 2 nitrogen and oxygen atoms in total. The molecule has 0 radical (unpaired) electrons. The van der Waals surface area contributed by atoms with E-state index in [0.29, 0.717) is 0 Å². The Morgan fingerprint density at radius 3 is 2.45 bits per heavy atom. The van der Waals surface area contributed by atoms with Crippen molar-refractivity contribution in [2.45, 2.75) is 13.0 Å². The molecule has 3 rings (SSSR count). The number of likely N-dealkylation sites (N-methyl/N-ethyl adjacent to an activating group) is 1. The van der Waals surface area contributed by atoms with Crippen molar-refractivity contribution >= 4 is 23.8 Å². The van der Waals surface area contributed by atoms with Gasteiger partial charge in [0.1, 0.15) is 0 Å². The van der Waals surface area contributed by atoms with Crippen molar-refractivity contribution in [3.63, 3.8) is 0 Å². The van der Waals surface area contributed by atoms with Gasteiger partial charge in [-0.05, 0) is 48.9 Å². The molecule has 1 aliphatic heterocycles. The molecule has 0 aromatic heterocycles. The zero-order valence-corrected chi connectivity index (χ0v) is 12.9. The monoisotopic (exact) mass is 288 g/mol. The lowest BCUT2D eigenvalue weighted by Gasteiger charge is -2.27. The van der Waals surface area contributed by atoms with E-state index < -0.39 is 0 Å². The number of fused-ring (bicyclic) bond motifs is 1. The van der Waals surface area contributed by atoms with Crippen LogP contribution in [0.5, 0.6) is 0 Å². The van der Waals surface area contributed by atoms with Gasteiger partial charge in [0, 0.05) is 31.5 Å². The summed E-state index contributed by atoms with van der Waals surface area (Å²) >= 11 is 0.